The molecule has 1 aromatic rings. The monoisotopic (exact) mass is 324 g/mol. The maximum Gasteiger partial charge on any atom is 0.258 e. The molecule has 1 aromatic carbocycles. The van der Waals surface area contributed by atoms with Crippen LogP contribution in [-0.4, -0.2) is 30.6 Å². The number of halogens is 1. The van der Waals surface area contributed by atoms with E-state index in [9.17, 15) is 4.79 Å². The summed E-state index contributed by atoms with van der Waals surface area (Å²) in [6.45, 7) is 4.11. The topological polar surface area (TPSA) is 50.4 Å². The molecule has 0 aliphatic carbocycles. The minimum absolute atomic E-state index is 0. The maximum absolute atomic E-state index is 12.1. The largest absolute Gasteiger partial charge is 0.483 e. The van der Waals surface area contributed by atoms with E-state index in [1.807, 2.05) is 32.0 Å². The quantitative estimate of drug-likeness (QED) is 0.894. The summed E-state index contributed by atoms with van der Waals surface area (Å²) in [5.74, 6) is 0.821. The molecule has 2 aliphatic rings. The van der Waals surface area contributed by atoms with Crippen LogP contribution >= 0.6 is 12.4 Å². The summed E-state index contributed by atoms with van der Waals surface area (Å²) >= 11 is 0. The van der Waals surface area contributed by atoms with E-state index in [0.29, 0.717) is 18.1 Å². The van der Waals surface area contributed by atoms with Gasteiger partial charge in [-0.2, -0.15) is 0 Å². The van der Waals surface area contributed by atoms with Gasteiger partial charge in [0.05, 0.1) is 0 Å². The number of ether oxygens (including phenoxy) is 1. The number of benzene rings is 1. The molecule has 0 spiro atoms. The molecule has 2 bridgehead atoms. The van der Waals surface area contributed by atoms with Gasteiger partial charge in [0.15, 0.2) is 6.61 Å². The van der Waals surface area contributed by atoms with E-state index in [2.05, 4.69) is 10.6 Å². The van der Waals surface area contributed by atoms with Crippen molar-refractivity contribution in [1.29, 1.82) is 0 Å². The molecule has 2 saturated heterocycles. The van der Waals surface area contributed by atoms with Gasteiger partial charge in [-0.05, 0) is 50.7 Å². The number of para-hydroxylation sites is 1. The number of aryl methyl sites for hydroxylation is 2. The lowest BCUT2D eigenvalue weighted by molar-refractivity contribution is -0.124. The number of nitrogens with one attached hydrogen (secondary N) is 2. The lowest BCUT2D eigenvalue weighted by atomic mass is 10.00. The number of rotatable bonds is 4. The first kappa shape index (κ1) is 17.1. The van der Waals surface area contributed by atoms with Crippen molar-refractivity contribution in [3.8, 4) is 5.75 Å². The Kier molecular flexibility index (Phi) is 5.70. The predicted octanol–water partition coefficient (Wildman–Crippen LogP) is 2.50. The average Bonchev–Trinajstić information content (AvgIpc) is 2.77. The Morgan fingerprint density at radius 3 is 2.41 bits per heavy atom. The van der Waals surface area contributed by atoms with Gasteiger partial charge in [-0.25, -0.2) is 0 Å². The van der Waals surface area contributed by atoms with Crippen LogP contribution in [-0.2, 0) is 4.79 Å². The summed E-state index contributed by atoms with van der Waals surface area (Å²) in [6.07, 6.45) is 4.59. The zero-order valence-corrected chi connectivity index (χ0v) is 14.0. The number of carbonyl (C=O) groups excluding carboxylic acids is 1. The summed E-state index contributed by atoms with van der Waals surface area (Å²) in [6, 6.07) is 7.50. The van der Waals surface area contributed by atoms with E-state index in [-0.39, 0.29) is 24.9 Å². The van der Waals surface area contributed by atoms with Crippen molar-refractivity contribution >= 4 is 18.3 Å². The molecule has 22 heavy (non-hydrogen) atoms. The Morgan fingerprint density at radius 2 is 1.82 bits per heavy atom. The molecule has 0 aromatic heterocycles. The van der Waals surface area contributed by atoms with Crippen molar-refractivity contribution in [3.05, 3.63) is 29.3 Å². The van der Waals surface area contributed by atoms with Crippen molar-refractivity contribution in [2.24, 2.45) is 0 Å². The van der Waals surface area contributed by atoms with Crippen molar-refractivity contribution in [2.75, 3.05) is 6.61 Å². The Balaban J connectivity index is 0.00000176. The third-order valence-corrected chi connectivity index (χ3v) is 4.59. The summed E-state index contributed by atoms with van der Waals surface area (Å²) < 4.78 is 5.71. The van der Waals surface area contributed by atoms with E-state index in [0.717, 1.165) is 29.7 Å². The molecule has 0 saturated carbocycles. The second-order valence-corrected chi connectivity index (χ2v) is 6.38. The average molecular weight is 325 g/mol. The lowest BCUT2D eigenvalue weighted by Crippen LogP contribution is -2.49. The van der Waals surface area contributed by atoms with Crippen molar-refractivity contribution in [2.45, 2.75) is 57.7 Å². The van der Waals surface area contributed by atoms with Crippen LogP contribution in [0, 0.1) is 13.8 Å². The van der Waals surface area contributed by atoms with Crippen LogP contribution < -0.4 is 15.4 Å². The molecule has 3 rings (SSSR count). The van der Waals surface area contributed by atoms with E-state index in [4.69, 9.17) is 4.74 Å². The number of amides is 1. The molecule has 122 valence electrons. The predicted molar refractivity (Wildman–Crippen MR) is 89.8 cm³/mol. The minimum Gasteiger partial charge on any atom is -0.483 e. The molecule has 2 heterocycles. The molecule has 2 fully saturated rings. The van der Waals surface area contributed by atoms with Gasteiger partial charge in [0.25, 0.3) is 5.91 Å². The molecule has 2 N–H and O–H groups in total. The van der Waals surface area contributed by atoms with E-state index in [1.54, 1.807) is 0 Å². The Labute approximate surface area is 138 Å². The highest BCUT2D eigenvalue weighted by atomic mass is 35.5. The fraction of sp³-hybridized carbons (Fsp3) is 0.588. The number of hydrogen-bond donors (Lipinski definition) is 2. The second kappa shape index (κ2) is 7.34. The molecule has 2 unspecified atom stereocenters. The van der Waals surface area contributed by atoms with Gasteiger partial charge < -0.3 is 15.4 Å². The molecule has 5 heteroatoms. The first-order valence-corrected chi connectivity index (χ1v) is 7.86. The molecule has 4 nitrogen and oxygen atoms in total. The zero-order chi connectivity index (χ0) is 14.8. The Morgan fingerprint density at radius 1 is 1.23 bits per heavy atom. The number of piperidine rings is 1. The summed E-state index contributed by atoms with van der Waals surface area (Å²) in [4.78, 5) is 12.1. The Bertz CT molecular complexity index is 503. The van der Waals surface area contributed by atoms with Gasteiger partial charge in [0, 0.05) is 18.1 Å². The van der Waals surface area contributed by atoms with Gasteiger partial charge in [-0.15, -0.1) is 12.4 Å². The highest BCUT2D eigenvalue weighted by Crippen LogP contribution is 2.27. The first-order valence-electron chi connectivity index (χ1n) is 7.86. The Hall–Kier alpha value is -1.26. The van der Waals surface area contributed by atoms with Crippen molar-refractivity contribution < 1.29 is 9.53 Å². The summed E-state index contributed by atoms with van der Waals surface area (Å²) in [5.41, 5.74) is 2.14. The lowest BCUT2D eigenvalue weighted by Gasteiger charge is -2.29. The molecule has 1 amide bonds. The van der Waals surface area contributed by atoms with Gasteiger partial charge in [0.1, 0.15) is 5.75 Å². The molecule has 2 aliphatic heterocycles. The standard InChI is InChI=1S/C17H24N2O2.ClH/c1-11-4-3-5-12(2)17(11)21-10-16(20)19-15-8-13-6-7-14(9-15)18-13;/h3-5,13-15,18H,6-10H2,1-2H3,(H,19,20);1H. The fourth-order valence-corrected chi connectivity index (χ4v) is 3.61. The van der Waals surface area contributed by atoms with Crippen LogP contribution in [0.15, 0.2) is 18.2 Å². The van der Waals surface area contributed by atoms with E-state index < -0.39 is 0 Å². The van der Waals surface area contributed by atoms with E-state index >= 15 is 0 Å². The highest BCUT2D eigenvalue weighted by molar-refractivity contribution is 5.85. The number of carbonyl (C=O) groups is 1. The van der Waals surface area contributed by atoms with Crippen LogP contribution in [0.4, 0.5) is 0 Å². The van der Waals surface area contributed by atoms with Crippen LogP contribution in [0.1, 0.15) is 36.8 Å². The molecule has 2 atom stereocenters. The molecule has 0 radical (unpaired) electrons. The molecular formula is C17H25ClN2O2. The number of hydrogen-bond acceptors (Lipinski definition) is 3. The SMILES string of the molecule is Cc1cccc(C)c1OCC(=O)NC1CC2CCC(C1)N2.Cl. The van der Waals surface area contributed by atoms with Crippen LogP contribution in [0.2, 0.25) is 0 Å². The van der Waals surface area contributed by atoms with Crippen LogP contribution in [0.25, 0.3) is 0 Å². The minimum atomic E-state index is -0.0102. The fourth-order valence-electron chi connectivity index (χ4n) is 3.61. The van der Waals surface area contributed by atoms with Gasteiger partial charge in [-0.1, -0.05) is 18.2 Å². The summed E-state index contributed by atoms with van der Waals surface area (Å²) in [7, 11) is 0. The van der Waals surface area contributed by atoms with Gasteiger partial charge >= 0.3 is 0 Å². The first-order chi connectivity index (χ1) is 10.1. The van der Waals surface area contributed by atoms with Crippen molar-refractivity contribution in [3.63, 3.8) is 0 Å². The van der Waals surface area contributed by atoms with Crippen LogP contribution in [0.5, 0.6) is 5.75 Å². The normalized spacial score (nSPS) is 26.2. The van der Waals surface area contributed by atoms with Gasteiger partial charge in [0.2, 0.25) is 0 Å². The molecular weight excluding hydrogens is 300 g/mol. The highest BCUT2D eigenvalue weighted by Gasteiger charge is 2.33. The maximum atomic E-state index is 12.1. The third-order valence-electron chi connectivity index (χ3n) is 4.59. The third kappa shape index (κ3) is 3.93. The van der Waals surface area contributed by atoms with Gasteiger partial charge in [-0.3, -0.25) is 4.79 Å². The van der Waals surface area contributed by atoms with E-state index in [1.165, 1.54) is 12.8 Å². The smallest absolute Gasteiger partial charge is 0.258 e. The number of fused-ring (bicyclic) bond motifs is 2. The van der Waals surface area contributed by atoms with Crippen molar-refractivity contribution in [1.82, 2.24) is 10.6 Å². The zero-order valence-electron chi connectivity index (χ0n) is 13.2. The summed E-state index contributed by atoms with van der Waals surface area (Å²) in [5, 5.41) is 6.71. The second-order valence-electron chi connectivity index (χ2n) is 6.38. The van der Waals surface area contributed by atoms with Crippen LogP contribution in [0.3, 0.4) is 0 Å².